The number of amides is 2. The average Bonchev–Trinajstić information content (AvgIpc) is 3.04. The number of aromatic nitrogens is 3. The SMILES string of the molecule is O=C(Cc1ccccc1)Nc1nc2n(n1)C(c1ccc(Cl)cc1)CC(=O)N2. The first-order valence-electron chi connectivity index (χ1n) is 8.44. The van der Waals surface area contributed by atoms with Crippen LogP contribution < -0.4 is 10.6 Å². The fourth-order valence-corrected chi connectivity index (χ4v) is 3.14. The summed E-state index contributed by atoms with van der Waals surface area (Å²) in [5, 5.41) is 10.4. The highest BCUT2D eigenvalue weighted by molar-refractivity contribution is 6.30. The average molecular weight is 382 g/mol. The number of carbonyl (C=O) groups excluding carboxylic acids is 2. The van der Waals surface area contributed by atoms with Crippen molar-refractivity contribution in [3.05, 3.63) is 70.7 Å². The van der Waals surface area contributed by atoms with Crippen molar-refractivity contribution in [2.24, 2.45) is 0 Å². The van der Waals surface area contributed by atoms with E-state index in [1.54, 1.807) is 16.8 Å². The first kappa shape index (κ1) is 17.2. The summed E-state index contributed by atoms with van der Waals surface area (Å²) in [6, 6.07) is 16.3. The lowest BCUT2D eigenvalue weighted by atomic mass is 10.0. The summed E-state index contributed by atoms with van der Waals surface area (Å²) in [5.74, 6) is 0.0869. The molecule has 7 nitrogen and oxygen atoms in total. The summed E-state index contributed by atoms with van der Waals surface area (Å²) in [6.45, 7) is 0. The Morgan fingerprint density at radius 2 is 1.93 bits per heavy atom. The Morgan fingerprint density at radius 1 is 1.19 bits per heavy atom. The summed E-state index contributed by atoms with van der Waals surface area (Å²) >= 11 is 5.95. The zero-order valence-electron chi connectivity index (χ0n) is 14.2. The third kappa shape index (κ3) is 3.83. The van der Waals surface area contributed by atoms with Gasteiger partial charge in [0.1, 0.15) is 0 Å². The van der Waals surface area contributed by atoms with E-state index in [1.807, 2.05) is 42.5 Å². The van der Waals surface area contributed by atoms with Crippen molar-refractivity contribution in [2.75, 3.05) is 10.6 Å². The van der Waals surface area contributed by atoms with Gasteiger partial charge in [0.15, 0.2) is 0 Å². The van der Waals surface area contributed by atoms with Gasteiger partial charge in [-0.3, -0.25) is 20.2 Å². The van der Waals surface area contributed by atoms with Gasteiger partial charge in [-0.25, -0.2) is 4.68 Å². The Hall–Kier alpha value is -3.19. The molecular weight excluding hydrogens is 366 g/mol. The highest BCUT2D eigenvalue weighted by Crippen LogP contribution is 2.30. The van der Waals surface area contributed by atoms with Gasteiger partial charge in [-0.15, -0.1) is 5.10 Å². The van der Waals surface area contributed by atoms with E-state index in [-0.39, 0.29) is 36.6 Å². The zero-order valence-corrected chi connectivity index (χ0v) is 15.0. The second kappa shape index (κ2) is 7.20. The van der Waals surface area contributed by atoms with Crippen LogP contribution in [0.3, 0.4) is 0 Å². The fourth-order valence-electron chi connectivity index (χ4n) is 3.01. The van der Waals surface area contributed by atoms with Crippen molar-refractivity contribution in [3.8, 4) is 0 Å². The normalized spacial score (nSPS) is 15.7. The molecule has 2 amide bonds. The molecule has 0 saturated heterocycles. The summed E-state index contributed by atoms with van der Waals surface area (Å²) in [7, 11) is 0. The minimum atomic E-state index is -0.307. The number of benzene rings is 2. The predicted molar refractivity (Wildman–Crippen MR) is 102 cm³/mol. The summed E-state index contributed by atoms with van der Waals surface area (Å²) in [4.78, 5) is 28.5. The van der Waals surface area contributed by atoms with Crippen molar-refractivity contribution in [1.29, 1.82) is 0 Å². The molecule has 136 valence electrons. The molecule has 1 atom stereocenters. The number of carbonyl (C=O) groups is 2. The van der Waals surface area contributed by atoms with Crippen molar-refractivity contribution >= 4 is 35.3 Å². The molecule has 0 radical (unpaired) electrons. The van der Waals surface area contributed by atoms with Crippen LogP contribution in [0.2, 0.25) is 5.02 Å². The topological polar surface area (TPSA) is 88.9 Å². The van der Waals surface area contributed by atoms with Crippen LogP contribution in [0.15, 0.2) is 54.6 Å². The smallest absolute Gasteiger partial charge is 0.250 e. The number of rotatable bonds is 4. The summed E-state index contributed by atoms with van der Waals surface area (Å²) in [5.41, 5.74) is 1.79. The van der Waals surface area contributed by atoms with Gasteiger partial charge in [0.05, 0.1) is 18.9 Å². The lowest BCUT2D eigenvalue weighted by molar-refractivity contribution is -0.117. The Kier molecular flexibility index (Phi) is 4.60. The van der Waals surface area contributed by atoms with Crippen LogP contribution in [0, 0.1) is 0 Å². The quantitative estimate of drug-likeness (QED) is 0.727. The molecule has 2 aromatic carbocycles. The van der Waals surface area contributed by atoms with Gasteiger partial charge in [-0.2, -0.15) is 4.98 Å². The number of fused-ring (bicyclic) bond motifs is 1. The van der Waals surface area contributed by atoms with Gasteiger partial charge in [0, 0.05) is 5.02 Å². The number of hydrogen-bond acceptors (Lipinski definition) is 4. The van der Waals surface area contributed by atoms with E-state index >= 15 is 0 Å². The highest BCUT2D eigenvalue weighted by Gasteiger charge is 2.29. The number of nitrogens with one attached hydrogen (secondary N) is 2. The molecule has 2 heterocycles. The van der Waals surface area contributed by atoms with Crippen LogP contribution in [-0.4, -0.2) is 26.6 Å². The molecule has 1 aliphatic rings. The van der Waals surface area contributed by atoms with Crippen molar-refractivity contribution in [3.63, 3.8) is 0 Å². The number of halogens is 1. The molecule has 1 unspecified atom stereocenters. The number of nitrogens with zero attached hydrogens (tertiary/aromatic N) is 3. The van der Waals surface area contributed by atoms with Crippen LogP contribution in [0.1, 0.15) is 23.6 Å². The zero-order chi connectivity index (χ0) is 18.8. The summed E-state index contributed by atoms with van der Waals surface area (Å²) in [6.07, 6.45) is 0.451. The molecule has 27 heavy (non-hydrogen) atoms. The summed E-state index contributed by atoms with van der Waals surface area (Å²) < 4.78 is 1.61. The minimum Gasteiger partial charge on any atom is -0.295 e. The van der Waals surface area contributed by atoms with Crippen LogP contribution in [0.25, 0.3) is 0 Å². The van der Waals surface area contributed by atoms with Crippen molar-refractivity contribution < 1.29 is 9.59 Å². The standard InChI is InChI=1S/C19H16ClN5O2/c20-14-8-6-13(7-9-14)15-11-17(27)22-19-23-18(24-25(15)19)21-16(26)10-12-4-2-1-3-5-12/h1-9,15H,10-11H2,(H2,21,22,23,24,26,27). The van der Waals surface area contributed by atoms with Gasteiger partial charge in [-0.05, 0) is 23.3 Å². The Labute approximate surface area is 160 Å². The second-order valence-corrected chi connectivity index (χ2v) is 6.67. The van der Waals surface area contributed by atoms with Crippen LogP contribution in [0.4, 0.5) is 11.9 Å². The predicted octanol–water partition coefficient (Wildman–Crippen LogP) is 3.04. The third-order valence-corrected chi connectivity index (χ3v) is 4.52. The van der Waals surface area contributed by atoms with Gasteiger partial charge in [-0.1, -0.05) is 54.1 Å². The van der Waals surface area contributed by atoms with E-state index in [1.165, 1.54) is 0 Å². The maximum Gasteiger partial charge on any atom is 0.250 e. The van der Waals surface area contributed by atoms with E-state index in [4.69, 9.17) is 11.6 Å². The molecule has 0 bridgehead atoms. The first-order valence-corrected chi connectivity index (χ1v) is 8.82. The minimum absolute atomic E-state index is 0.156. The molecule has 0 fully saturated rings. The largest absolute Gasteiger partial charge is 0.295 e. The van der Waals surface area contributed by atoms with E-state index in [2.05, 4.69) is 20.7 Å². The third-order valence-electron chi connectivity index (χ3n) is 4.27. The van der Waals surface area contributed by atoms with Crippen molar-refractivity contribution in [1.82, 2.24) is 14.8 Å². The Balaban J connectivity index is 1.55. The van der Waals surface area contributed by atoms with Gasteiger partial charge in [0.2, 0.25) is 17.8 Å². The van der Waals surface area contributed by atoms with Crippen LogP contribution in [0.5, 0.6) is 0 Å². The molecule has 8 heteroatoms. The molecule has 0 spiro atoms. The molecule has 0 saturated carbocycles. The highest BCUT2D eigenvalue weighted by atomic mass is 35.5. The van der Waals surface area contributed by atoms with E-state index < -0.39 is 0 Å². The van der Waals surface area contributed by atoms with E-state index in [0.717, 1.165) is 11.1 Å². The number of hydrogen-bond donors (Lipinski definition) is 2. The molecule has 1 aromatic heterocycles. The van der Waals surface area contributed by atoms with Gasteiger partial charge < -0.3 is 0 Å². The maximum absolute atomic E-state index is 12.2. The molecule has 0 aliphatic carbocycles. The van der Waals surface area contributed by atoms with Crippen molar-refractivity contribution in [2.45, 2.75) is 18.9 Å². The molecule has 3 aromatic rings. The molecule has 4 rings (SSSR count). The lowest BCUT2D eigenvalue weighted by Gasteiger charge is -2.23. The second-order valence-electron chi connectivity index (χ2n) is 6.23. The molecular formula is C19H16ClN5O2. The molecule has 2 N–H and O–H groups in total. The Bertz CT molecular complexity index is 985. The monoisotopic (exact) mass is 381 g/mol. The number of anilines is 2. The maximum atomic E-state index is 12.2. The van der Waals surface area contributed by atoms with Gasteiger partial charge >= 0.3 is 0 Å². The van der Waals surface area contributed by atoms with Crippen LogP contribution >= 0.6 is 11.6 Å². The van der Waals surface area contributed by atoms with Gasteiger partial charge in [0.25, 0.3) is 5.95 Å². The van der Waals surface area contributed by atoms with E-state index in [9.17, 15) is 9.59 Å². The van der Waals surface area contributed by atoms with E-state index in [0.29, 0.717) is 11.0 Å². The van der Waals surface area contributed by atoms with Crippen LogP contribution in [-0.2, 0) is 16.0 Å². The fraction of sp³-hybridized carbons (Fsp3) is 0.158. The Morgan fingerprint density at radius 3 is 2.67 bits per heavy atom. The first-order chi connectivity index (χ1) is 13.1. The molecule has 1 aliphatic heterocycles. The lowest BCUT2D eigenvalue weighted by Crippen LogP contribution is -2.29.